The van der Waals surface area contributed by atoms with Gasteiger partial charge in [-0.05, 0) is 17.7 Å². The van der Waals surface area contributed by atoms with Crippen molar-refractivity contribution in [3.8, 4) is 0 Å². The highest BCUT2D eigenvalue weighted by molar-refractivity contribution is 6.35. The molecule has 21 heavy (non-hydrogen) atoms. The van der Waals surface area contributed by atoms with Crippen molar-refractivity contribution in [1.29, 1.82) is 0 Å². The summed E-state index contributed by atoms with van der Waals surface area (Å²) in [4.78, 5) is 16.1. The van der Waals surface area contributed by atoms with E-state index >= 15 is 0 Å². The van der Waals surface area contributed by atoms with Crippen LogP contribution in [0, 0.1) is 0 Å². The molecule has 2 aromatic heterocycles. The number of halogens is 2. The van der Waals surface area contributed by atoms with E-state index < -0.39 is 0 Å². The number of amides is 1. The first-order chi connectivity index (χ1) is 10.1. The van der Waals surface area contributed by atoms with Crippen molar-refractivity contribution in [3.63, 3.8) is 0 Å². The fourth-order valence-electron chi connectivity index (χ4n) is 1.87. The SMILES string of the molecule is O=C(NCc1ccc(Cl)cc1Cl)c1noc2ccncc12. The highest BCUT2D eigenvalue weighted by atomic mass is 35.5. The lowest BCUT2D eigenvalue weighted by atomic mass is 10.2. The Kier molecular flexibility index (Phi) is 3.77. The molecule has 0 saturated heterocycles. The van der Waals surface area contributed by atoms with Gasteiger partial charge in [0.2, 0.25) is 0 Å². The Morgan fingerprint density at radius 1 is 1.29 bits per heavy atom. The van der Waals surface area contributed by atoms with Gasteiger partial charge in [0, 0.05) is 35.1 Å². The first-order valence-corrected chi connectivity index (χ1v) is 6.82. The van der Waals surface area contributed by atoms with Gasteiger partial charge < -0.3 is 9.84 Å². The van der Waals surface area contributed by atoms with Crippen molar-refractivity contribution in [2.45, 2.75) is 6.54 Å². The molecule has 0 radical (unpaired) electrons. The van der Waals surface area contributed by atoms with Gasteiger partial charge in [0.05, 0.1) is 5.39 Å². The van der Waals surface area contributed by atoms with Crippen LogP contribution >= 0.6 is 23.2 Å². The molecule has 1 N–H and O–H groups in total. The third-order valence-electron chi connectivity index (χ3n) is 2.94. The Morgan fingerprint density at radius 3 is 2.95 bits per heavy atom. The molecule has 2 heterocycles. The third kappa shape index (κ3) is 2.84. The van der Waals surface area contributed by atoms with Crippen LogP contribution in [0.25, 0.3) is 11.0 Å². The molecule has 106 valence electrons. The quantitative estimate of drug-likeness (QED) is 0.802. The summed E-state index contributed by atoms with van der Waals surface area (Å²) in [6.07, 6.45) is 3.11. The zero-order valence-electron chi connectivity index (χ0n) is 10.6. The van der Waals surface area contributed by atoms with Crippen LogP contribution in [-0.2, 0) is 6.54 Å². The predicted octanol–water partition coefficient (Wildman–Crippen LogP) is 3.46. The van der Waals surface area contributed by atoms with E-state index in [9.17, 15) is 4.79 Å². The van der Waals surface area contributed by atoms with Crippen LogP contribution in [0.15, 0.2) is 41.2 Å². The monoisotopic (exact) mass is 321 g/mol. The molecular formula is C14H9Cl2N3O2. The number of hydrogen-bond donors (Lipinski definition) is 1. The Bertz CT molecular complexity index is 817. The van der Waals surface area contributed by atoms with Gasteiger partial charge in [-0.25, -0.2) is 0 Å². The van der Waals surface area contributed by atoms with Crippen molar-refractivity contribution < 1.29 is 9.32 Å². The first-order valence-electron chi connectivity index (χ1n) is 6.06. The van der Waals surface area contributed by atoms with E-state index in [-0.39, 0.29) is 18.1 Å². The minimum absolute atomic E-state index is 0.197. The zero-order valence-corrected chi connectivity index (χ0v) is 12.1. The van der Waals surface area contributed by atoms with Gasteiger partial charge in [-0.2, -0.15) is 0 Å². The Hall–Kier alpha value is -2.11. The minimum Gasteiger partial charge on any atom is -0.355 e. The number of hydrogen-bond acceptors (Lipinski definition) is 4. The van der Waals surface area contributed by atoms with Gasteiger partial charge in [0.1, 0.15) is 0 Å². The molecule has 0 aliphatic heterocycles. The van der Waals surface area contributed by atoms with E-state index in [2.05, 4.69) is 15.5 Å². The molecule has 7 heteroatoms. The summed E-state index contributed by atoms with van der Waals surface area (Å²) >= 11 is 11.9. The molecule has 1 amide bonds. The third-order valence-corrected chi connectivity index (χ3v) is 3.53. The van der Waals surface area contributed by atoms with E-state index in [4.69, 9.17) is 27.7 Å². The maximum absolute atomic E-state index is 12.1. The summed E-state index contributed by atoms with van der Waals surface area (Å²) in [7, 11) is 0. The van der Waals surface area contributed by atoms with Gasteiger partial charge in [0.25, 0.3) is 5.91 Å². The van der Waals surface area contributed by atoms with Crippen molar-refractivity contribution in [2.75, 3.05) is 0 Å². The Labute approximate surface area is 129 Å². The second kappa shape index (κ2) is 5.71. The van der Waals surface area contributed by atoms with Crippen LogP contribution in [0.4, 0.5) is 0 Å². The smallest absolute Gasteiger partial charge is 0.274 e. The van der Waals surface area contributed by atoms with Crippen molar-refractivity contribution in [1.82, 2.24) is 15.5 Å². The van der Waals surface area contributed by atoms with Crippen molar-refractivity contribution >= 4 is 40.1 Å². The minimum atomic E-state index is -0.354. The predicted molar refractivity (Wildman–Crippen MR) is 79.4 cm³/mol. The molecule has 0 bridgehead atoms. The van der Waals surface area contributed by atoms with E-state index in [1.54, 1.807) is 30.5 Å². The first kappa shape index (κ1) is 13.9. The maximum Gasteiger partial charge on any atom is 0.274 e. The van der Waals surface area contributed by atoms with Crippen LogP contribution in [0.2, 0.25) is 10.0 Å². The number of rotatable bonds is 3. The van der Waals surface area contributed by atoms with Crippen LogP contribution < -0.4 is 5.32 Å². The molecule has 1 aromatic carbocycles. The van der Waals surface area contributed by atoms with Crippen molar-refractivity contribution in [2.24, 2.45) is 0 Å². The van der Waals surface area contributed by atoms with E-state index in [0.29, 0.717) is 21.0 Å². The summed E-state index contributed by atoms with van der Waals surface area (Å²) in [5.74, 6) is -0.354. The van der Waals surface area contributed by atoms with Gasteiger partial charge in [0.15, 0.2) is 11.3 Å². The number of fused-ring (bicyclic) bond motifs is 1. The average molecular weight is 322 g/mol. The fourth-order valence-corrected chi connectivity index (χ4v) is 2.35. The average Bonchev–Trinajstić information content (AvgIpc) is 2.90. The largest absolute Gasteiger partial charge is 0.355 e. The molecule has 0 aliphatic rings. The van der Waals surface area contributed by atoms with Gasteiger partial charge in [-0.15, -0.1) is 0 Å². The summed E-state index contributed by atoms with van der Waals surface area (Å²) in [5.41, 5.74) is 1.48. The number of carbonyl (C=O) groups excluding carboxylic acids is 1. The van der Waals surface area contributed by atoms with E-state index in [0.717, 1.165) is 5.56 Å². The highest BCUT2D eigenvalue weighted by Gasteiger charge is 2.16. The molecule has 0 spiro atoms. The lowest BCUT2D eigenvalue weighted by Gasteiger charge is -2.06. The maximum atomic E-state index is 12.1. The molecule has 0 atom stereocenters. The second-order valence-corrected chi connectivity index (χ2v) is 5.17. The zero-order chi connectivity index (χ0) is 14.8. The van der Waals surface area contributed by atoms with E-state index in [1.807, 2.05) is 0 Å². The van der Waals surface area contributed by atoms with Gasteiger partial charge >= 0.3 is 0 Å². The van der Waals surface area contributed by atoms with Crippen LogP contribution in [0.5, 0.6) is 0 Å². The van der Waals surface area contributed by atoms with E-state index in [1.165, 1.54) is 6.20 Å². The summed E-state index contributed by atoms with van der Waals surface area (Å²) < 4.78 is 5.07. The topological polar surface area (TPSA) is 68.0 Å². The highest BCUT2D eigenvalue weighted by Crippen LogP contribution is 2.21. The number of pyridine rings is 1. The summed E-state index contributed by atoms with van der Waals surface area (Å²) in [5, 5.41) is 8.11. The Morgan fingerprint density at radius 2 is 2.14 bits per heavy atom. The molecule has 0 fully saturated rings. The molecule has 0 saturated carbocycles. The van der Waals surface area contributed by atoms with Crippen LogP contribution in [0.1, 0.15) is 16.1 Å². The standard InChI is InChI=1S/C14H9Cl2N3O2/c15-9-2-1-8(11(16)5-9)6-18-14(20)13-10-7-17-4-3-12(10)21-19-13/h1-5,7H,6H2,(H,18,20). The number of nitrogens with one attached hydrogen (secondary N) is 1. The van der Waals surface area contributed by atoms with Crippen molar-refractivity contribution in [3.05, 3.63) is 58.0 Å². The molecule has 0 aliphatic carbocycles. The number of benzene rings is 1. The number of carbonyl (C=O) groups is 1. The van der Waals surface area contributed by atoms with Gasteiger partial charge in [-0.1, -0.05) is 34.4 Å². The fraction of sp³-hybridized carbons (Fsp3) is 0.0714. The number of nitrogens with zero attached hydrogens (tertiary/aromatic N) is 2. The molecular weight excluding hydrogens is 313 g/mol. The summed E-state index contributed by atoms with van der Waals surface area (Å²) in [6, 6.07) is 6.74. The van der Waals surface area contributed by atoms with Crippen LogP contribution in [-0.4, -0.2) is 16.0 Å². The number of aromatic nitrogens is 2. The normalized spacial score (nSPS) is 10.8. The lowest BCUT2D eigenvalue weighted by Crippen LogP contribution is -2.23. The lowest BCUT2D eigenvalue weighted by molar-refractivity contribution is 0.0943. The molecule has 3 aromatic rings. The second-order valence-electron chi connectivity index (χ2n) is 4.32. The van der Waals surface area contributed by atoms with Gasteiger partial charge in [-0.3, -0.25) is 9.78 Å². The molecule has 3 rings (SSSR count). The van der Waals surface area contributed by atoms with Crippen LogP contribution in [0.3, 0.4) is 0 Å². The molecule has 5 nitrogen and oxygen atoms in total. The summed E-state index contributed by atoms with van der Waals surface area (Å²) in [6.45, 7) is 0.267. The molecule has 0 unspecified atom stereocenters. The Balaban J connectivity index is 1.77.